The van der Waals surface area contributed by atoms with Gasteiger partial charge in [0.1, 0.15) is 18.8 Å². The van der Waals surface area contributed by atoms with Gasteiger partial charge in [0.15, 0.2) is 18.3 Å². The number of hydrogen-bond acceptors (Lipinski definition) is 9. The third-order valence-electron chi connectivity index (χ3n) is 3.26. The van der Waals surface area contributed by atoms with Gasteiger partial charge >= 0.3 is 23.9 Å². The summed E-state index contributed by atoms with van der Waals surface area (Å²) in [6.45, 7) is 8.06. The van der Waals surface area contributed by atoms with E-state index in [0.717, 1.165) is 13.8 Å². The lowest BCUT2D eigenvalue weighted by atomic mass is 9.94. The summed E-state index contributed by atoms with van der Waals surface area (Å²) in [5.41, 5.74) is 0. The van der Waals surface area contributed by atoms with Gasteiger partial charge in [-0.25, -0.2) is 0 Å². The summed E-state index contributed by atoms with van der Waals surface area (Å²) in [4.78, 5) is 45.4. The van der Waals surface area contributed by atoms with Gasteiger partial charge in [0.2, 0.25) is 0 Å². The van der Waals surface area contributed by atoms with Crippen LogP contribution in [0.1, 0.15) is 27.7 Å². The molecule has 0 saturated carbocycles. The van der Waals surface area contributed by atoms with Gasteiger partial charge in [0.25, 0.3) is 0 Å². The minimum Gasteiger partial charge on any atom is -0.463 e. The summed E-state index contributed by atoms with van der Waals surface area (Å²) in [7, 11) is 0. The molecule has 1 aliphatic heterocycles. The van der Waals surface area contributed by atoms with Crippen molar-refractivity contribution in [1.29, 1.82) is 0 Å². The Balaban J connectivity index is 3.20. The minimum atomic E-state index is -1.15. The molecule has 0 amide bonds. The molecule has 0 unspecified atom stereocenters. The van der Waals surface area contributed by atoms with Crippen molar-refractivity contribution < 1.29 is 42.9 Å². The predicted molar refractivity (Wildman–Crippen MR) is 82.2 cm³/mol. The van der Waals surface area contributed by atoms with Crippen LogP contribution in [0, 0.1) is 0 Å². The molecular formula is C16H22O9. The van der Waals surface area contributed by atoms with Crippen LogP contribution in [0.15, 0.2) is 12.7 Å². The molecule has 1 heterocycles. The largest absolute Gasteiger partial charge is 0.463 e. The van der Waals surface area contributed by atoms with E-state index in [1.807, 2.05) is 0 Å². The van der Waals surface area contributed by atoms with Crippen molar-refractivity contribution in [2.75, 3.05) is 6.61 Å². The van der Waals surface area contributed by atoms with Crippen LogP contribution in [-0.2, 0) is 42.9 Å². The van der Waals surface area contributed by atoms with Gasteiger partial charge in [0, 0.05) is 27.7 Å². The highest BCUT2D eigenvalue weighted by atomic mass is 16.7. The molecule has 5 atom stereocenters. The molecule has 1 saturated heterocycles. The van der Waals surface area contributed by atoms with Gasteiger partial charge in [-0.15, -0.1) is 6.58 Å². The zero-order valence-corrected chi connectivity index (χ0v) is 14.6. The summed E-state index contributed by atoms with van der Waals surface area (Å²) >= 11 is 0. The zero-order valence-electron chi connectivity index (χ0n) is 14.6. The lowest BCUT2D eigenvalue weighted by Crippen LogP contribution is -2.61. The number of carbonyl (C=O) groups excluding carboxylic acids is 4. The van der Waals surface area contributed by atoms with E-state index in [0.29, 0.717) is 0 Å². The van der Waals surface area contributed by atoms with Crippen LogP contribution >= 0.6 is 0 Å². The highest BCUT2D eigenvalue weighted by Gasteiger charge is 2.51. The average Bonchev–Trinajstić information content (AvgIpc) is 2.48. The number of esters is 4. The van der Waals surface area contributed by atoms with Crippen molar-refractivity contribution in [3.05, 3.63) is 12.7 Å². The highest BCUT2D eigenvalue weighted by Crippen LogP contribution is 2.29. The van der Waals surface area contributed by atoms with Crippen molar-refractivity contribution in [2.45, 2.75) is 58.2 Å². The maximum absolute atomic E-state index is 11.5. The van der Waals surface area contributed by atoms with E-state index in [4.69, 9.17) is 23.7 Å². The molecule has 0 aromatic rings. The summed E-state index contributed by atoms with van der Waals surface area (Å²) in [5, 5.41) is 0. The fourth-order valence-electron chi connectivity index (χ4n) is 2.45. The molecule has 140 valence electrons. The molecular weight excluding hydrogens is 336 g/mol. The Bertz CT molecular complexity index is 542. The summed E-state index contributed by atoms with van der Waals surface area (Å²) in [6, 6.07) is 0. The van der Waals surface area contributed by atoms with Crippen LogP contribution in [0.3, 0.4) is 0 Å². The van der Waals surface area contributed by atoms with Crippen LogP contribution < -0.4 is 0 Å². The van der Waals surface area contributed by atoms with Crippen LogP contribution in [0.4, 0.5) is 0 Å². The molecule has 1 aliphatic rings. The molecule has 0 aromatic heterocycles. The Morgan fingerprint density at radius 3 is 1.76 bits per heavy atom. The van der Waals surface area contributed by atoms with E-state index in [1.54, 1.807) is 0 Å². The lowest BCUT2D eigenvalue weighted by molar-refractivity contribution is -0.244. The van der Waals surface area contributed by atoms with Gasteiger partial charge in [-0.2, -0.15) is 0 Å². The van der Waals surface area contributed by atoms with Gasteiger partial charge in [-0.3, -0.25) is 19.2 Å². The molecule has 0 N–H and O–H groups in total. The van der Waals surface area contributed by atoms with E-state index in [9.17, 15) is 19.2 Å². The molecule has 0 spiro atoms. The molecule has 0 aromatic carbocycles. The molecule has 9 heteroatoms. The fourth-order valence-corrected chi connectivity index (χ4v) is 2.45. The number of ether oxygens (including phenoxy) is 5. The first kappa shape index (κ1) is 20.6. The first-order valence-electron chi connectivity index (χ1n) is 7.58. The minimum absolute atomic E-state index is 0.248. The Hall–Kier alpha value is -2.42. The average molecular weight is 358 g/mol. The maximum atomic E-state index is 11.5. The molecule has 1 rings (SSSR count). The Morgan fingerprint density at radius 2 is 1.32 bits per heavy atom. The third-order valence-corrected chi connectivity index (χ3v) is 3.26. The standard InChI is InChI=1S/C16H22O9/c1-6-12-14(22-9(3)18)16(24-11(5)20)15(23-10(4)19)13(25-12)7-21-8(2)17/h6,12-16H,1,7H2,2-5H3/t12-,13-,14+,15+,16-/m1/s1. The third kappa shape index (κ3) is 6.18. The second-order valence-corrected chi connectivity index (χ2v) is 5.40. The van der Waals surface area contributed by atoms with Crippen molar-refractivity contribution in [2.24, 2.45) is 0 Å². The second-order valence-electron chi connectivity index (χ2n) is 5.40. The van der Waals surface area contributed by atoms with Crippen LogP contribution in [0.25, 0.3) is 0 Å². The lowest BCUT2D eigenvalue weighted by Gasteiger charge is -2.43. The summed E-state index contributed by atoms with van der Waals surface area (Å²) in [5.74, 6) is -2.54. The summed E-state index contributed by atoms with van der Waals surface area (Å²) in [6.07, 6.45) is -3.80. The van der Waals surface area contributed by atoms with Crippen LogP contribution in [-0.4, -0.2) is 61.0 Å². The second kappa shape index (κ2) is 9.16. The van der Waals surface area contributed by atoms with Crippen molar-refractivity contribution in [3.63, 3.8) is 0 Å². The molecule has 0 bridgehead atoms. The number of hydrogen-bond donors (Lipinski definition) is 0. The van der Waals surface area contributed by atoms with E-state index in [-0.39, 0.29) is 6.61 Å². The highest BCUT2D eigenvalue weighted by molar-refractivity contribution is 5.68. The Kier molecular flexibility index (Phi) is 7.56. The normalized spacial score (nSPS) is 28.4. The molecule has 9 nitrogen and oxygen atoms in total. The fraction of sp³-hybridized carbons (Fsp3) is 0.625. The van der Waals surface area contributed by atoms with Crippen LogP contribution in [0.5, 0.6) is 0 Å². The monoisotopic (exact) mass is 358 g/mol. The molecule has 1 fully saturated rings. The van der Waals surface area contributed by atoms with Crippen LogP contribution in [0.2, 0.25) is 0 Å². The number of rotatable bonds is 6. The predicted octanol–water partition coefficient (Wildman–Crippen LogP) is 0.298. The van der Waals surface area contributed by atoms with E-state index in [1.165, 1.54) is 19.9 Å². The SMILES string of the molecule is C=C[C@H]1O[C@H](COC(C)=O)[C@H](OC(C)=O)[C@H](OC(C)=O)[C@H]1OC(C)=O. The van der Waals surface area contributed by atoms with E-state index in [2.05, 4.69) is 6.58 Å². The first-order valence-corrected chi connectivity index (χ1v) is 7.58. The molecule has 0 radical (unpaired) electrons. The topological polar surface area (TPSA) is 114 Å². The zero-order chi connectivity index (χ0) is 19.1. The van der Waals surface area contributed by atoms with Crippen molar-refractivity contribution >= 4 is 23.9 Å². The van der Waals surface area contributed by atoms with Gasteiger partial charge in [-0.05, 0) is 0 Å². The number of carbonyl (C=O) groups is 4. The maximum Gasteiger partial charge on any atom is 0.303 e. The summed E-state index contributed by atoms with van der Waals surface area (Å²) < 4.78 is 26.2. The van der Waals surface area contributed by atoms with Gasteiger partial charge < -0.3 is 23.7 Å². The Morgan fingerprint density at radius 1 is 0.840 bits per heavy atom. The smallest absolute Gasteiger partial charge is 0.303 e. The molecule has 25 heavy (non-hydrogen) atoms. The van der Waals surface area contributed by atoms with E-state index >= 15 is 0 Å². The van der Waals surface area contributed by atoms with Crippen molar-refractivity contribution in [1.82, 2.24) is 0 Å². The van der Waals surface area contributed by atoms with Gasteiger partial charge in [0.05, 0.1) is 0 Å². The van der Waals surface area contributed by atoms with Crippen molar-refractivity contribution in [3.8, 4) is 0 Å². The first-order chi connectivity index (χ1) is 11.6. The Labute approximate surface area is 145 Å². The molecule has 0 aliphatic carbocycles. The quantitative estimate of drug-likeness (QED) is 0.375. The van der Waals surface area contributed by atoms with Gasteiger partial charge in [-0.1, -0.05) is 6.08 Å². The van der Waals surface area contributed by atoms with E-state index < -0.39 is 54.4 Å².